The molecule has 8 heteroatoms. The highest BCUT2D eigenvalue weighted by molar-refractivity contribution is 5.46. The first-order valence-corrected chi connectivity index (χ1v) is 3.50. The highest BCUT2D eigenvalue weighted by Crippen LogP contribution is 2.33. The molecular formula is C7H3F4NO3. The normalized spacial score (nSPS) is 11.2. The first kappa shape index (κ1) is 11.2. The van der Waals surface area contributed by atoms with Gasteiger partial charge in [0.05, 0.1) is 4.92 Å². The lowest BCUT2D eigenvalue weighted by molar-refractivity contribution is -0.389. The molecule has 15 heavy (non-hydrogen) atoms. The van der Waals surface area contributed by atoms with Gasteiger partial charge in [-0.25, -0.2) is 4.39 Å². The Morgan fingerprint density at radius 2 is 1.93 bits per heavy atom. The van der Waals surface area contributed by atoms with Crippen LogP contribution in [0.2, 0.25) is 0 Å². The molecule has 0 atom stereocenters. The standard InChI is InChI=1S/C7H3F4NO3/c8-4-2-1-3-5(12(13)14)6(4)15-7(9,10)11/h1-3H. The average Bonchev–Trinajstić information content (AvgIpc) is 2.05. The molecule has 0 unspecified atom stereocenters. The van der Waals surface area contributed by atoms with Crippen LogP contribution in [0.3, 0.4) is 0 Å². The van der Waals surface area contributed by atoms with Gasteiger partial charge in [-0.2, -0.15) is 0 Å². The van der Waals surface area contributed by atoms with Gasteiger partial charge in [0.2, 0.25) is 5.75 Å². The summed E-state index contributed by atoms with van der Waals surface area (Å²) >= 11 is 0. The van der Waals surface area contributed by atoms with Crippen molar-refractivity contribution in [1.29, 1.82) is 0 Å². The van der Waals surface area contributed by atoms with Crippen LogP contribution in [0.15, 0.2) is 18.2 Å². The molecule has 0 heterocycles. The van der Waals surface area contributed by atoms with Crippen LogP contribution in [-0.2, 0) is 0 Å². The van der Waals surface area contributed by atoms with Gasteiger partial charge >= 0.3 is 12.0 Å². The van der Waals surface area contributed by atoms with E-state index < -0.39 is 28.5 Å². The van der Waals surface area contributed by atoms with Crippen LogP contribution in [0.1, 0.15) is 0 Å². The number of halogens is 4. The van der Waals surface area contributed by atoms with E-state index in [1.54, 1.807) is 0 Å². The number of para-hydroxylation sites is 1. The zero-order valence-electron chi connectivity index (χ0n) is 6.92. The summed E-state index contributed by atoms with van der Waals surface area (Å²) in [6, 6.07) is 2.26. The molecule has 0 saturated heterocycles. The van der Waals surface area contributed by atoms with Crippen molar-refractivity contribution in [3.63, 3.8) is 0 Å². The zero-order chi connectivity index (χ0) is 11.6. The van der Waals surface area contributed by atoms with Crippen molar-refractivity contribution in [2.45, 2.75) is 6.36 Å². The smallest absolute Gasteiger partial charge is 0.395 e. The minimum atomic E-state index is -5.17. The Labute approximate surface area is 80.2 Å². The maximum atomic E-state index is 12.8. The predicted octanol–water partition coefficient (Wildman–Crippen LogP) is 2.63. The minimum Gasteiger partial charge on any atom is -0.395 e. The molecule has 0 spiro atoms. The van der Waals surface area contributed by atoms with Gasteiger partial charge < -0.3 is 4.74 Å². The second kappa shape index (κ2) is 3.71. The fourth-order valence-corrected chi connectivity index (χ4v) is 0.858. The molecule has 1 aromatic rings. The van der Waals surface area contributed by atoms with E-state index in [-0.39, 0.29) is 0 Å². The molecule has 0 aliphatic heterocycles. The summed E-state index contributed by atoms with van der Waals surface area (Å²) in [6.07, 6.45) is -5.17. The third-order valence-electron chi connectivity index (χ3n) is 1.36. The van der Waals surface area contributed by atoms with Gasteiger partial charge in [0.25, 0.3) is 0 Å². The van der Waals surface area contributed by atoms with Gasteiger partial charge in [-0.15, -0.1) is 13.2 Å². The van der Waals surface area contributed by atoms with Gasteiger partial charge in [0.15, 0.2) is 5.82 Å². The molecule has 0 amide bonds. The van der Waals surface area contributed by atoms with Crippen LogP contribution >= 0.6 is 0 Å². The molecule has 82 valence electrons. The van der Waals surface area contributed by atoms with Crippen molar-refractivity contribution < 1.29 is 27.2 Å². The molecule has 0 aliphatic rings. The molecule has 4 nitrogen and oxygen atoms in total. The van der Waals surface area contributed by atoms with Crippen LogP contribution in [0.5, 0.6) is 5.75 Å². The number of ether oxygens (including phenoxy) is 1. The van der Waals surface area contributed by atoms with Crippen LogP contribution in [-0.4, -0.2) is 11.3 Å². The Balaban J connectivity index is 3.19. The van der Waals surface area contributed by atoms with E-state index in [4.69, 9.17) is 0 Å². The fraction of sp³-hybridized carbons (Fsp3) is 0.143. The number of rotatable bonds is 2. The molecule has 0 radical (unpaired) electrons. The van der Waals surface area contributed by atoms with E-state index in [0.717, 1.165) is 6.07 Å². The van der Waals surface area contributed by atoms with E-state index in [2.05, 4.69) is 4.74 Å². The van der Waals surface area contributed by atoms with Gasteiger partial charge in [-0.05, 0) is 6.07 Å². The molecular weight excluding hydrogens is 222 g/mol. The van der Waals surface area contributed by atoms with E-state index in [1.165, 1.54) is 0 Å². The summed E-state index contributed by atoms with van der Waals surface area (Å²) in [5.74, 6) is -2.88. The number of nitro groups is 1. The van der Waals surface area contributed by atoms with Crippen LogP contribution in [0.25, 0.3) is 0 Å². The zero-order valence-corrected chi connectivity index (χ0v) is 6.92. The van der Waals surface area contributed by atoms with Gasteiger partial charge in [0, 0.05) is 6.07 Å². The van der Waals surface area contributed by atoms with E-state index >= 15 is 0 Å². The topological polar surface area (TPSA) is 52.4 Å². The highest BCUT2D eigenvalue weighted by Gasteiger charge is 2.36. The van der Waals surface area contributed by atoms with Crippen LogP contribution in [0, 0.1) is 15.9 Å². The highest BCUT2D eigenvalue weighted by atomic mass is 19.4. The maximum Gasteiger partial charge on any atom is 0.573 e. The second-order valence-electron chi connectivity index (χ2n) is 2.39. The van der Waals surface area contributed by atoms with Crippen LogP contribution < -0.4 is 4.74 Å². The first-order chi connectivity index (χ1) is 6.81. The lowest BCUT2D eigenvalue weighted by Gasteiger charge is -2.09. The largest absolute Gasteiger partial charge is 0.573 e. The summed E-state index contributed by atoms with van der Waals surface area (Å²) < 4.78 is 51.3. The Morgan fingerprint density at radius 1 is 1.33 bits per heavy atom. The summed E-state index contributed by atoms with van der Waals surface area (Å²) in [6.45, 7) is 0. The Bertz CT molecular complexity index is 390. The van der Waals surface area contributed by atoms with Crippen LogP contribution in [0.4, 0.5) is 23.2 Å². The third kappa shape index (κ3) is 2.79. The molecule has 1 aromatic carbocycles. The lowest BCUT2D eigenvalue weighted by atomic mass is 10.3. The lowest BCUT2D eigenvalue weighted by Crippen LogP contribution is -2.18. The Morgan fingerprint density at radius 3 is 2.40 bits per heavy atom. The number of alkyl halides is 3. The molecule has 0 saturated carbocycles. The summed E-state index contributed by atoms with van der Waals surface area (Å²) in [5, 5.41) is 10.3. The number of hydrogen-bond acceptors (Lipinski definition) is 3. The van der Waals surface area contributed by atoms with Crippen molar-refractivity contribution in [1.82, 2.24) is 0 Å². The number of hydrogen-bond donors (Lipinski definition) is 0. The molecule has 0 aromatic heterocycles. The van der Waals surface area contributed by atoms with Crippen molar-refractivity contribution in [3.05, 3.63) is 34.1 Å². The van der Waals surface area contributed by atoms with E-state index in [0.29, 0.717) is 12.1 Å². The third-order valence-corrected chi connectivity index (χ3v) is 1.36. The average molecular weight is 225 g/mol. The maximum absolute atomic E-state index is 12.8. The quantitative estimate of drug-likeness (QED) is 0.441. The summed E-state index contributed by atoms with van der Waals surface area (Å²) in [4.78, 5) is 9.09. The van der Waals surface area contributed by atoms with Gasteiger partial charge in [-0.1, -0.05) is 6.07 Å². The first-order valence-electron chi connectivity index (χ1n) is 3.50. The molecule has 0 aliphatic carbocycles. The predicted molar refractivity (Wildman–Crippen MR) is 39.7 cm³/mol. The molecule has 0 N–H and O–H groups in total. The van der Waals surface area contributed by atoms with E-state index in [9.17, 15) is 27.7 Å². The van der Waals surface area contributed by atoms with Crippen molar-refractivity contribution >= 4 is 5.69 Å². The number of benzene rings is 1. The summed E-state index contributed by atoms with van der Waals surface area (Å²) in [5.41, 5.74) is -1.08. The van der Waals surface area contributed by atoms with Crippen molar-refractivity contribution in [3.8, 4) is 5.75 Å². The van der Waals surface area contributed by atoms with Crippen molar-refractivity contribution in [2.24, 2.45) is 0 Å². The molecule has 0 fully saturated rings. The van der Waals surface area contributed by atoms with Gasteiger partial charge in [-0.3, -0.25) is 10.1 Å². The van der Waals surface area contributed by atoms with E-state index in [1.807, 2.05) is 0 Å². The fourth-order valence-electron chi connectivity index (χ4n) is 0.858. The molecule has 0 bridgehead atoms. The van der Waals surface area contributed by atoms with Crippen molar-refractivity contribution in [2.75, 3.05) is 0 Å². The monoisotopic (exact) mass is 225 g/mol. The Hall–Kier alpha value is -1.86. The number of nitro benzene ring substituents is 1. The minimum absolute atomic E-state index is 0.633. The molecule has 1 rings (SSSR count). The summed E-state index contributed by atoms with van der Waals surface area (Å²) in [7, 11) is 0. The SMILES string of the molecule is O=[N+]([O-])c1cccc(F)c1OC(F)(F)F. The Kier molecular flexibility index (Phi) is 2.78. The van der Waals surface area contributed by atoms with Gasteiger partial charge in [0.1, 0.15) is 0 Å². The second-order valence-corrected chi connectivity index (χ2v) is 2.39. The number of nitrogens with zero attached hydrogens (tertiary/aromatic N) is 1.